The number of fused-ring (bicyclic) bond motifs is 1. The van der Waals surface area contributed by atoms with Crippen LogP contribution >= 0.6 is 0 Å². The Morgan fingerprint density at radius 3 is 2.53 bits per heavy atom. The molecule has 0 aromatic heterocycles. The average Bonchev–Trinajstić information content (AvgIpc) is 2.51. The molecule has 0 spiro atoms. The number of ketones is 1. The van der Waals surface area contributed by atoms with Crippen molar-refractivity contribution in [2.24, 2.45) is 11.8 Å². The molecule has 0 aliphatic heterocycles. The van der Waals surface area contributed by atoms with Gasteiger partial charge in [0.25, 0.3) is 0 Å². The van der Waals surface area contributed by atoms with E-state index in [1.807, 2.05) is 6.92 Å². The van der Waals surface area contributed by atoms with E-state index in [0.29, 0.717) is 11.7 Å². The van der Waals surface area contributed by atoms with Gasteiger partial charge < -0.3 is 0 Å². The number of hydrogen-bond donors (Lipinski definition) is 0. The Morgan fingerprint density at radius 1 is 1.07 bits per heavy atom. The van der Waals surface area contributed by atoms with E-state index in [0.717, 1.165) is 5.57 Å². The van der Waals surface area contributed by atoms with Gasteiger partial charge in [-0.05, 0) is 37.7 Å². The van der Waals surface area contributed by atoms with Crippen molar-refractivity contribution >= 4 is 5.78 Å². The molecule has 0 aromatic carbocycles. The summed E-state index contributed by atoms with van der Waals surface area (Å²) in [6.07, 6.45) is 9.16. The Labute approximate surface area is 92.9 Å². The quantitative estimate of drug-likeness (QED) is 0.588. The minimum absolute atomic E-state index is 0.276. The fraction of sp³-hybridized carbons (Fsp3) is 0.786. The van der Waals surface area contributed by atoms with E-state index in [1.165, 1.54) is 50.5 Å². The lowest BCUT2D eigenvalue weighted by Crippen LogP contribution is -2.14. The maximum atomic E-state index is 11.9. The highest BCUT2D eigenvalue weighted by molar-refractivity contribution is 6.00. The van der Waals surface area contributed by atoms with Gasteiger partial charge in [-0.25, -0.2) is 0 Å². The minimum Gasteiger partial charge on any atom is -0.294 e. The maximum absolute atomic E-state index is 11.9. The topological polar surface area (TPSA) is 17.1 Å². The van der Waals surface area contributed by atoms with Crippen LogP contribution in [0.15, 0.2) is 11.1 Å². The third-order valence-corrected chi connectivity index (χ3v) is 4.28. The number of Topliss-reactive ketones (excluding diaryl/α,β-unsaturated/α-hetero) is 1. The van der Waals surface area contributed by atoms with Gasteiger partial charge in [-0.1, -0.05) is 38.2 Å². The lowest BCUT2D eigenvalue weighted by Gasteiger charge is -2.17. The molecule has 2 aliphatic rings. The number of carbonyl (C=O) groups is 1. The van der Waals surface area contributed by atoms with E-state index in [2.05, 4.69) is 6.92 Å². The molecule has 0 saturated heterocycles. The standard InChI is InChI=1S/C14H22O/c1-10-12-8-6-4-3-5-7-9-13(12)11(2)14(10)15/h10,12H,3-9H2,1-2H3. The zero-order chi connectivity index (χ0) is 10.8. The fourth-order valence-electron chi connectivity index (χ4n) is 3.27. The number of allylic oxidation sites excluding steroid dienone is 2. The van der Waals surface area contributed by atoms with Crippen molar-refractivity contribution in [2.45, 2.75) is 58.8 Å². The van der Waals surface area contributed by atoms with Crippen molar-refractivity contribution in [1.29, 1.82) is 0 Å². The molecule has 2 aliphatic carbocycles. The van der Waals surface area contributed by atoms with Gasteiger partial charge in [0, 0.05) is 5.92 Å². The van der Waals surface area contributed by atoms with Gasteiger partial charge in [-0.3, -0.25) is 4.79 Å². The van der Waals surface area contributed by atoms with Crippen LogP contribution in [0.25, 0.3) is 0 Å². The summed E-state index contributed by atoms with van der Waals surface area (Å²) in [6, 6.07) is 0. The van der Waals surface area contributed by atoms with Crippen molar-refractivity contribution in [1.82, 2.24) is 0 Å². The van der Waals surface area contributed by atoms with Crippen molar-refractivity contribution < 1.29 is 4.79 Å². The molecule has 2 unspecified atom stereocenters. The molecular formula is C14H22O. The van der Waals surface area contributed by atoms with Crippen LogP contribution in [-0.4, -0.2) is 5.78 Å². The molecule has 0 aromatic rings. The van der Waals surface area contributed by atoms with Crippen LogP contribution in [0.3, 0.4) is 0 Å². The second kappa shape index (κ2) is 4.51. The summed E-state index contributed by atoms with van der Waals surface area (Å²) < 4.78 is 0. The maximum Gasteiger partial charge on any atom is 0.161 e. The first-order valence-corrected chi connectivity index (χ1v) is 6.45. The number of rotatable bonds is 0. The van der Waals surface area contributed by atoms with Gasteiger partial charge in [-0.15, -0.1) is 0 Å². The van der Waals surface area contributed by atoms with Crippen LogP contribution in [-0.2, 0) is 4.79 Å². The second-order valence-corrected chi connectivity index (χ2v) is 5.22. The molecule has 1 heteroatoms. The monoisotopic (exact) mass is 206 g/mol. The Bertz CT molecular complexity index is 288. The van der Waals surface area contributed by atoms with Crippen molar-refractivity contribution in [3.63, 3.8) is 0 Å². The molecule has 0 amide bonds. The largest absolute Gasteiger partial charge is 0.294 e. The zero-order valence-electron chi connectivity index (χ0n) is 10.0. The molecule has 1 saturated carbocycles. The van der Waals surface area contributed by atoms with Crippen LogP contribution in [0.1, 0.15) is 58.8 Å². The van der Waals surface area contributed by atoms with Crippen molar-refractivity contribution in [3.05, 3.63) is 11.1 Å². The lowest BCUT2D eigenvalue weighted by atomic mass is 9.86. The normalized spacial score (nSPS) is 33.3. The van der Waals surface area contributed by atoms with Crippen LogP contribution in [0.4, 0.5) is 0 Å². The molecule has 0 heterocycles. The van der Waals surface area contributed by atoms with E-state index >= 15 is 0 Å². The molecule has 0 N–H and O–H groups in total. The van der Waals surface area contributed by atoms with Crippen LogP contribution in [0.2, 0.25) is 0 Å². The molecule has 2 atom stereocenters. The average molecular weight is 206 g/mol. The van der Waals surface area contributed by atoms with E-state index in [-0.39, 0.29) is 5.92 Å². The summed E-state index contributed by atoms with van der Waals surface area (Å²) in [6.45, 7) is 4.17. The highest BCUT2D eigenvalue weighted by Gasteiger charge is 2.35. The molecule has 1 nitrogen and oxygen atoms in total. The second-order valence-electron chi connectivity index (χ2n) is 5.22. The molecule has 1 fully saturated rings. The van der Waals surface area contributed by atoms with E-state index in [1.54, 1.807) is 0 Å². The summed E-state index contributed by atoms with van der Waals surface area (Å²) in [7, 11) is 0. The zero-order valence-corrected chi connectivity index (χ0v) is 10.0. The molecule has 2 rings (SSSR count). The Kier molecular flexibility index (Phi) is 3.28. The van der Waals surface area contributed by atoms with Gasteiger partial charge >= 0.3 is 0 Å². The number of hydrogen-bond acceptors (Lipinski definition) is 1. The summed E-state index contributed by atoms with van der Waals surface area (Å²) in [5.41, 5.74) is 2.61. The SMILES string of the molecule is CC1=C2CCCCCCCC2C(C)C1=O. The Morgan fingerprint density at radius 2 is 1.73 bits per heavy atom. The summed E-state index contributed by atoms with van der Waals surface area (Å²) in [4.78, 5) is 11.9. The minimum atomic E-state index is 0.276. The highest BCUT2D eigenvalue weighted by Crippen LogP contribution is 2.40. The fourth-order valence-corrected chi connectivity index (χ4v) is 3.27. The van der Waals surface area contributed by atoms with Gasteiger partial charge in [0.05, 0.1) is 0 Å². The summed E-state index contributed by atoms with van der Waals surface area (Å²) in [5.74, 6) is 1.30. The van der Waals surface area contributed by atoms with Gasteiger partial charge in [0.2, 0.25) is 0 Å². The Hall–Kier alpha value is -0.590. The summed E-state index contributed by atoms with van der Waals surface area (Å²) >= 11 is 0. The van der Waals surface area contributed by atoms with E-state index in [4.69, 9.17) is 0 Å². The first kappa shape index (κ1) is 10.9. The molecular weight excluding hydrogens is 184 g/mol. The molecule has 0 bridgehead atoms. The van der Waals surface area contributed by atoms with Gasteiger partial charge in [0.1, 0.15) is 0 Å². The highest BCUT2D eigenvalue weighted by atomic mass is 16.1. The van der Waals surface area contributed by atoms with Crippen LogP contribution in [0.5, 0.6) is 0 Å². The van der Waals surface area contributed by atoms with E-state index in [9.17, 15) is 4.79 Å². The lowest BCUT2D eigenvalue weighted by molar-refractivity contribution is -0.118. The van der Waals surface area contributed by atoms with Gasteiger partial charge in [-0.2, -0.15) is 0 Å². The third kappa shape index (κ3) is 2.02. The van der Waals surface area contributed by atoms with Crippen molar-refractivity contribution in [2.75, 3.05) is 0 Å². The molecule has 0 radical (unpaired) electrons. The van der Waals surface area contributed by atoms with E-state index < -0.39 is 0 Å². The molecule has 84 valence electrons. The van der Waals surface area contributed by atoms with Crippen LogP contribution < -0.4 is 0 Å². The number of carbonyl (C=O) groups excluding carboxylic acids is 1. The third-order valence-electron chi connectivity index (χ3n) is 4.28. The first-order valence-electron chi connectivity index (χ1n) is 6.45. The van der Waals surface area contributed by atoms with Crippen LogP contribution in [0, 0.1) is 11.8 Å². The van der Waals surface area contributed by atoms with Gasteiger partial charge in [0.15, 0.2) is 5.78 Å². The summed E-state index contributed by atoms with van der Waals surface area (Å²) in [5, 5.41) is 0. The smallest absolute Gasteiger partial charge is 0.161 e. The predicted octanol–water partition coefficient (Wildman–Crippen LogP) is 3.88. The van der Waals surface area contributed by atoms with Crippen molar-refractivity contribution in [3.8, 4) is 0 Å². The first-order chi connectivity index (χ1) is 7.22. The molecule has 15 heavy (non-hydrogen) atoms. The Balaban J connectivity index is 2.20. The predicted molar refractivity (Wildman–Crippen MR) is 62.7 cm³/mol.